The molecule has 0 atom stereocenters. The zero-order valence-corrected chi connectivity index (χ0v) is 10.2. The van der Waals surface area contributed by atoms with Crippen LogP contribution < -0.4 is 0 Å². The van der Waals surface area contributed by atoms with E-state index in [4.69, 9.17) is 0 Å². The Kier molecular flexibility index (Phi) is 2.99. The first kappa shape index (κ1) is 11.2. The minimum atomic E-state index is 0.0793. The molecule has 1 aliphatic heterocycles. The van der Waals surface area contributed by atoms with Crippen molar-refractivity contribution in [3.63, 3.8) is 0 Å². The van der Waals surface area contributed by atoms with Crippen molar-refractivity contribution in [2.75, 3.05) is 13.1 Å². The quantitative estimate of drug-likeness (QED) is 0.722. The normalized spacial score (nSPS) is 17.8. The molecule has 0 aliphatic carbocycles. The number of nitrogens with zero attached hydrogens (tertiary/aromatic N) is 3. The summed E-state index contributed by atoms with van der Waals surface area (Å²) >= 11 is 0. The molecule has 1 fully saturated rings. The number of carbonyl (C=O) groups is 1. The zero-order chi connectivity index (χ0) is 11.7. The molecule has 0 radical (unpaired) electrons. The van der Waals surface area contributed by atoms with Gasteiger partial charge in [-0.25, -0.2) is 0 Å². The molecule has 0 spiro atoms. The molecule has 4 nitrogen and oxygen atoms in total. The van der Waals surface area contributed by atoms with Crippen LogP contribution in [-0.4, -0.2) is 33.7 Å². The Morgan fingerprint density at radius 3 is 2.56 bits per heavy atom. The second-order valence-corrected chi connectivity index (χ2v) is 4.77. The number of aromatic nitrogens is 2. The zero-order valence-electron chi connectivity index (χ0n) is 10.2. The molecular formula is C12H19N3O. The average molecular weight is 221 g/mol. The van der Waals surface area contributed by atoms with Crippen LogP contribution in [0.5, 0.6) is 0 Å². The molecule has 0 bridgehead atoms. The first-order valence-corrected chi connectivity index (χ1v) is 5.88. The third-order valence-corrected chi connectivity index (χ3v) is 3.40. The van der Waals surface area contributed by atoms with Crippen molar-refractivity contribution in [1.29, 1.82) is 0 Å². The SMILES string of the molecule is Cc1cc(C(=O)N2CCC(C)CC2)nn1C. The summed E-state index contributed by atoms with van der Waals surface area (Å²) in [6.07, 6.45) is 2.22. The Hall–Kier alpha value is -1.32. The highest BCUT2D eigenvalue weighted by Gasteiger charge is 2.23. The van der Waals surface area contributed by atoms with E-state index in [0.29, 0.717) is 5.69 Å². The lowest BCUT2D eigenvalue weighted by atomic mass is 9.99. The number of aryl methyl sites for hydroxylation is 2. The van der Waals surface area contributed by atoms with Crippen molar-refractivity contribution in [2.45, 2.75) is 26.7 Å². The lowest BCUT2D eigenvalue weighted by Crippen LogP contribution is -2.38. The average Bonchev–Trinajstić information content (AvgIpc) is 2.59. The van der Waals surface area contributed by atoms with Gasteiger partial charge in [-0.2, -0.15) is 5.10 Å². The van der Waals surface area contributed by atoms with Gasteiger partial charge in [-0.3, -0.25) is 9.48 Å². The summed E-state index contributed by atoms with van der Waals surface area (Å²) in [5.74, 6) is 0.824. The molecular weight excluding hydrogens is 202 g/mol. The van der Waals surface area contributed by atoms with Crippen LogP contribution in [0.1, 0.15) is 35.9 Å². The van der Waals surface area contributed by atoms with Crippen LogP contribution in [-0.2, 0) is 7.05 Å². The molecule has 1 amide bonds. The number of hydrogen-bond donors (Lipinski definition) is 0. The van der Waals surface area contributed by atoms with Gasteiger partial charge in [0.05, 0.1) is 0 Å². The van der Waals surface area contributed by atoms with E-state index in [1.807, 2.05) is 24.9 Å². The van der Waals surface area contributed by atoms with Gasteiger partial charge in [0.1, 0.15) is 0 Å². The van der Waals surface area contributed by atoms with Gasteiger partial charge in [0.2, 0.25) is 0 Å². The molecule has 1 aromatic heterocycles. The van der Waals surface area contributed by atoms with Crippen molar-refractivity contribution in [1.82, 2.24) is 14.7 Å². The Morgan fingerprint density at radius 1 is 1.44 bits per heavy atom. The summed E-state index contributed by atoms with van der Waals surface area (Å²) in [5.41, 5.74) is 1.60. The van der Waals surface area contributed by atoms with Gasteiger partial charge in [-0.05, 0) is 31.7 Å². The van der Waals surface area contributed by atoms with E-state index >= 15 is 0 Å². The Labute approximate surface area is 96.2 Å². The van der Waals surface area contributed by atoms with E-state index in [-0.39, 0.29) is 5.91 Å². The van der Waals surface area contributed by atoms with E-state index < -0.39 is 0 Å². The molecule has 0 saturated carbocycles. The maximum absolute atomic E-state index is 12.1. The molecule has 2 heterocycles. The smallest absolute Gasteiger partial charge is 0.274 e. The maximum Gasteiger partial charge on any atom is 0.274 e. The van der Waals surface area contributed by atoms with Gasteiger partial charge in [0.15, 0.2) is 5.69 Å². The summed E-state index contributed by atoms with van der Waals surface area (Å²) in [7, 11) is 1.87. The summed E-state index contributed by atoms with van der Waals surface area (Å²) < 4.78 is 1.75. The highest BCUT2D eigenvalue weighted by Crippen LogP contribution is 2.17. The van der Waals surface area contributed by atoms with Crippen molar-refractivity contribution in [2.24, 2.45) is 13.0 Å². The predicted molar refractivity (Wildman–Crippen MR) is 62.2 cm³/mol. The van der Waals surface area contributed by atoms with E-state index in [0.717, 1.165) is 37.5 Å². The van der Waals surface area contributed by atoms with Crippen LogP contribution in [0, 0.1) is 12.8 Å². The lowest BCUT2D eigenvalue weighted by molar-refractivity contribution is 0.0690. The molecule has 4 heteroatoms. The van der Waals surface area contributed by atoms with Crippen molar-refractivity contribution < 1.29 is 4.79 Å². The molecule has 1 aliphatic rings. The monoisotopic (exact) mass is 221 g/mol. The highest BCUT2D eigenvalue weighted by molar-refractivity contribution is 5.92. The van der Waals surface area contributed by atoms with Gasteiger partial charge >= 0.3 is 0 Å². The topological polar surface area (TPSA) is 38.1 Å². The number of carbonyl (C=O) groups excluding carboxylic acids is 1. The fourth-order valence-corrected chi connectivity index (χ4v) is 2.04. The summed E-state index contributed by atoms with van der Waals surface area (Å²) in [4.78, 5) is 14.0. The van der Waals surface area contributed by atoms with Gasteiger partial charge in [0, 0.05) is 25.8 Å². The molecule has 0 N–H and O–H groups in total. The molecule has 0 aromatic carbocycles. The molecule has 16 heavy (non-hydrogen) atoms. The van der Waals surface area contributed by atoms with E-state index in [1.165, 1.54) is 0 Å². The molecule has 1 aromatic rings. The minimum Gasteiger partial charge on any atom is -0.337 e. The molecule has 88 valence electrons. The number of amides is 1. The third-order valence-electron chi connectivity index (χ3n) is 3.40. The van der Waals surface area contributed by atoms with Crippen LogP contribution in [0.3, 0.4) is 0 Å². The summed E-state index contributed by atoms with van der Waals surface area (Å²) in [6, 6.07) is 1.86. The first-order chi connectivity index (χ1) is 7.58. The summed E-state index contributed by atoms with van der Waals surface area (Å²) in [6.45, 7) is 5.94. The van der Waals surface area contributed by atoms with Crippen LogP contribution >= 0.6 is 0 Å². The van der Waals surface area contributed by atoms with Crippen LogP contribution in [0.2, 0.25) is 0 Å². The van der Waals surface area contributed by atoms with Crippen molar-refractivity contribution in [3.05, 3.63) is 17.5 Å². The molecule has 2 rings (SSSR count). The van der Waals surface area contributed by atoms with Crippen LogP contribution in [0.15, 0.2) is 6.07 Å². The van der Waals surface area contributed by atoms with Gasteiger partial charge in [-0.1, -0.05) is 6.92 Å². The molecule has 0 unspecified atom stereocenters. The minimum absolute atomic E-state index is 0.0793. The van der Waals surface area contributed by atoms with Crippen molar-refractivity contribution >= 4 is 5.91 Å². The van der Waals surface area contributed by atoms with E-state index in [1.54, 1.807) is 4.68 Å². The van der Waals surface area contributed by atoms with Crippen LogP contribution in [0.4, 0.5) is 0 Å². The number of likely N-dealkylation sites (tertiary alicyclic amines) is 1. The summed E-state index contributed by atoms with van der Waals surface area (Å²) in [5, 5.41) is 4.23. The fourth-order valence-electron chi connectivity index (χ4n) is 2.04. The second-order valence-electron chi connectivity index (χ2n) is 4.77. The van der Waals surface area contributed by atoms with Crippen LogP contribution in [0.25, 0.3) is 0 Å². The van der Waals surface area contributed by atoms with Crippen molar-refractivity contribution in [3.8, 4) is 0 Å². The first-order valence-electron chi connectivity index (χ1n) is 5.88. The Balaban J connectivity index is 2.07. The van der Waals surface area contributed by atoms with E-state index in [9.17, 15) is 4.79 Å². The number of hydrogen-bond acceptors (Lipinski definition) is 2. The highest BCUT2D eigenvalue weighted by atomic mass is 16.2. The maximum atomic E-state index is 12.1. The number of rotatable bonds is 1. The largest absolute Gasteiger partial charge is 0.337 e. The third kappa shape index (κ3) is 2.10. The molecule has 1 saturated heterocycles. The standard InChI is InChI=1S/C12H19N3O/c1-9-4-6-15(7-5-9)12(16)11-8-10(2)14(3)13-11/h8-9H,4-7H2,1-3H3. The Morgan fingerprint density at radius 2 is 2.06 bits per heavy atom. The van der Waals surface area contributed by atoms with Gasteiger partial charge in [-0.15, -0.1) is 0 Å². The predicted octanol–water partition coefficient (Wildman–Crippen LogP) is 1.60. The van der Waals surface area contributed by atoms with E-state index in [2.05, 4.69) is 12.0 Å². The second kappa shape index (κ2) is 4.28. The number of piperidine rings is 1. The van der Waals surface area contributed by atoms with Gasteiger partial charge < -0.3 is 4.90 Å². The Bertz CT molecular complexity index is 369. The fraction of sp³-hybridized carbons (Fsp3) is 0.667. The van der Waals surface area contributed by atoms with Gasteiger partial charge in [0.25, 0.3) is 5.91 Å². The lowest BCUT2D eigenvalue weighted by Gasteiger charge is -2.29.